The van der Waals surface area contributed by atoms with Crippen LogP contribution in [0.2, 0.25) is 0 Å². The summed E-state index contributed by atoms with van der Waals surface area (Å²) < 4.78 is 24.2. The van der Waals surface area contributed by atoms with Crippen molar-refractivity contribution in [2.45, 2.75) is 6.42 Å². The highest BCUT2D eigenvalue weighted by atomic mass is 16.1. The summed E-state index contributed by atoms with van der Waals surface area (Å²) in [7, 11) is 1.87. The lowest BCUT2D eigenvalue weighted by Gasteiger charge is -2.31. The van der Waals surface area contributed by atoms with Crippen molar-refractivity contribution in [2.24, 2.45) is 7.05 Å². The number of likely N-dealkylation sites (N-methyl/N-ethyl adjacent to an activating group) is 1. The van der Waals surface area contributed by atoms with E-state index in [9.17, 15) is 4.79 Å². The van der Waals surface area contributed by atoms with Gasteiger partial charge in [0.05, 0.1) is 24.7 Å². The fourth-order valence-corrected chi connectivity index (χ4v) is 3.28. The number of ketones is 1. The Hall–Kier alpha value is -2.64. The van der Waals surface area contributed by atoms with Gasteiger partial charge in [0, 0.05) is 60.7 Å². The van der Waals surface area contributed by atoms with E-state index in [1.807, 2.05) is 36.3 Å². The Morgan fingerprint density at radius 3 is 2.78 bits per heavy atom. The van der Waals surface area contributed by atoms with E-state index in [0.717, 1.165) is 22.0 Å². The highest BCUT2D eigenvalue weighted by molar-refractivity contribution is 5.85. The molecule has 0 unspecified atom stereocenters. The second kappa shape index (κ2) is 7.54. The third-order valence-electron chi connectivity index (χ3n) is 4.80. The fourth-order valence-electron chi connectivity index (χ4n) is 3.28. The Labute approximate surface area is 162 Å². The molecule has 7 heteroatoms. The predicted octanol–water partition coefficient (Wildman–Crippen LogP) is 1.39. The average molecular weight is 367 g/mol. The van der Waals surface area contributed by atoms with Crippen molar-refractivity contribution in [3.63, 3.8) is 0 Å². The first-order valence-corrected chi connectivity index (χ1v) is 9.02. The highest BCUT2D eigenvalue weighted by Crippen LogP contribution is 2.22. The topological polar surface area (TPSA) is 67.2 Å². The number of aromatic nitrogens is 4. The normalized spacial score (nSPS) is 18.2. The zero-order valence-electron chi connectivity index (χ0n) is 18.3. The van der Waals surface area contributed by atoms with Crippen LogP contribution in [0.5, 0.6) is 0 Å². The molecule has 3 aromatic rings. The van der Waals surface area contributed by atoms with E-state index >= 15 is 0 Å². The Kier molecular flexibility index (Phi) is 4.03. The van der Waals surface area contributed by atoms with Crippen LogP contribution < -0.4 is 0 Å². The maximum absolute atomic E-state index is 12.5. The summed E-state index contributed by atoms with van der Waals surface area (Å²) in [6.45, 7) is 0.227. The second-order valence-corrected chi connectivity index (χ2v) is 6.94. The van der Waals surface area contributed by atoms with Crippen molar-refractivity contribution in [3.05, 3.63) is 42.6 Å². The Morgan fingerprint density at radius 2 is 2.04 bits per heavy atom. The minimum atomic E-state index is -2.07. The van der Waals surface area contributed by atoms with Gasteiger partial charge < -0.3 is 4.90 Å². The van der Waals surface area contributed by atoms with E-state index in [0.29, 0.717) is 32.0 Å². The number of nitrogens with zero attached hydrogens (tertiary/aromatic N) is 6. The number of Topliss-reactive ketones (excluding diaryl/α,β-unsaturated/α-hetero) is 1. The van der Waals surface area contributed by atoms with Gasteiger partial charge in [0.15, 0.2) is 5.78 Å². The maximum atomic E-state index is 12.5. The number of aryl methyl sites for hydroxylation is 1. The summed E-state index contributed by atoms with van der Waals surface area (Å²) in [6.07, 6.45) is 5.65. The molecule has 0 N–H and O–H groups in total. The van der Waals surface area contributed by atoms with Gasteiger partial charge in [-0.05, 0) is 18.6 Å². The number of hydrogen-bond acceptors (Lipinski definition) is 6. The molecule has 0 aliphatic carbocycles. The molecule has 1 saturated heterocycles. The molecule has 4 rings (SSSR count). The van der Waals surface area contributed by atoms with Crippen LogP contribution in [-0.4, -0.2) is 75.0 Å². The van der Waals surface area contributed by atoms with Crippen LogP contribution in [0.1, 0.15) is 9.94 Å². The molecule has 0 saturated carbocycles. The molecule has 0 atom stereocenters. The molecular formula is C20H24N6O. The van der Waals surface area contributed by atoms with E-state index in [2.05, 4.69) is 15.1 Å². The number of benzene rings is 1. The minimum Gasteiger partial charge on any atom is -0.304 e. The number of piperazine rings is 1. The standard InChI is InChI=1S/C20H24N6O/c1-24-5-7-26(8-6-24)14-18(27)10-20-21-11-16-4-3-15(9-19(16)23-20)17-12-22-25(2)13-17/h3-4,9,11-13H,5-8,10,14H2,1-2H3/i1D3. The quantitative estimate of drug-likeness (QED) is 0.679. The first-order valence-electron chi connectivity index (χ1n) is 10.5. The summed E-state index contributed by atoms with van der Waals surface area (Å²) in [5.74, 6) is 0.525. The van der Waals surface area contributed by atoms with Gasteiger partial charge in [-0.2, -0.15) is 5.10 Å². The minimum absolute atomic E-state index is 0.0279. The lowest BCUT2D eigenvalue weighted by Crippen LogP contribution is -2.46. The maximum Gasteiger partial charge on any atom is 0.154 e. The molecule has 1 aliphatic rings. The van der Waals surface area contributed by atoms with E-state index < -0.39 is 6.98 Å². The monoisotopic (exact) mass is 367 g/mol. The predicted molar refractivity (Wildman–Crippen MR) is 104 cm³/mol. The van der Waals surface area contributed by atoms with Gasteiger partial charge in [-0.1, -0.05) is 12.1 Å². The van der Waals surface area contributed by atoms with Crippen LogP contribution in [0.4, 0.5) is 0 Å². The summed E-state index contributed by atoms with van der Waals surface area (Å²) in [4.78, 5) is 24.9. The molecule has 1 aromatic carbocycles. The molecule has 0 bridgehead atoms. The summed E-state index contributed by atoms with van der Waals surface area (Å²) in [5.41, 5.74) is 2.81. The molecule has 2 aromatic heterocycles. The molecule has 7 nitrogen and oxygen atoms in total. The van der Waals surface area contributed by atoms with Gasteiger partial charge in [-0.3, -0.25) is 14.4 Å². The zero-order valence-corrected chi connectivity index (χ0v) is 15.3. The second-order valence-electron chi connectivity index (χ2n) is 6.94. The number of carbonyl (C=O) groups excluding carboxylic acids is 1. The van der Waals surface area contributed by atoms with Crippen molar-refractivity contribution < 1.29 is 8.91 Å². The molecule has 1 aliphatic heterocycles. The number of hydrogen-bond donors (Lipinski definition) is 0. The van der Waals surface area contributed by atoms with Crippen molar-refractivity contribution in [3.8, 4) is 11.1 Å². The Balaban J connectivity index is 1.40. The van der Waals surface area contributed by atoms with E-state index in [1.165, 1.54) is 4.90 Å². The van der Waals surface area contributed by atoms with Crippen molar-refractivity contribution in [1.82, 2.24) is 29.5 Å². The highest BCUT2D eigenvalue weighted by Gasteiger charge is 2.17. The number of rotatable bonds is 5. The molecule has 1 fully saturated rings. The van der Waals surface area contributed by atoms with E-state index in [-0.39, 0.29) is 18.7 Å². The van der Waals surface area contributed by atoms with Crippen LogP contribution in [0.25, 0.3) is 22.0 Å². The first kappa shape index (κ1) is 14.4. The lowest BCUT2D eigenvalue weighted by atomic mass is 10.1. The SMILES string of the molecule is [2H]C([2H])([2H])N1CCN(CC(=O)Cc2ncc3ccc(-c4cnn(C)c4)cc3n2)CC1. The van der Waals surface area contributed by atoms with Gasteiger partial charge in [0.2, 0.25) is 0 Å². The fraction of sp³-hybridized carbons (Fsp3) is 0.400. The van der Waals surface area contributed by atoms with Gasteiger partial charge in [-0.25, -0.2) is 9.97 Å². The van der Waals surface area contributed by atoms with Gasteiger partial charge in [-0.15, -0.1) is 0 Å². The number of carbonyl (C=O) groups is 1. The van der Waals surface area contributed by atoms with Crippen LogP contribution in [0.15, 0.2) is 36.8 Å². The third kappa shape index (κ3) is 4.20. The van der Waals surface area contributed by atoms with Crippen molar-refractivity contribution >= 4 is 16.7 Å². The van der Waals surface area contributed by atoms with E-state index in [4.69, 9.17) is 4.11 Å². The van der Waals surface area contributed by atoms with Crippen LogP contribution in [-0.2, 0) is 18.3 Å². The lowest BCUT2D eigenvalue weighted by molar-refractivity contribution is -0.120. The first-order chi connectivity index (χ1) is 14.3. The van der Waals surface area contributed by atoms with Gasteiger partial charge in [0.25, 0.3) is 0 Å². The molecule has 0 spiro atoms. The Bertz CT molecular complexity index is 1060. The summed E-state index contributed by atoms with van der Waals surface area (Å²) in [5, 5.41) is 5.12. The summed E-state index contributed by atoms with van der Waals surface area (Å²) >= 11 is 0. The Morgan fingerprint density at radius 1 is 1.19 bits per heavy atom. The van der Waals surface area contributed by atoms with Crippen LogP contribution in [0.3, 0.4) is 0 Å². The van der Waals surface area contributed by atoms with E-state index in [1.54, 1.807) is 17.1 Å². The third-order valence-corrected chi connectivity index (χ3v) is 4.80. The summed E-state index contributed by atoms with van der Waals surface area (Å²) in [6, 6.07) is 5.95. The van der Waals surface area contributed by atoms with Gasteiger partial charge >= 0.3 is 0 Å². The zero-order chi connectivity index (χ0) is 21.3. The molecule has 0 amide bonds. The smallest absolute Gasteiger partial charge is 0.154 e. The van der Waals surface area contributed by atoms with Gasteiger partial charge in [0.1, 0.15) is 5.82 Å². The molecule has 0 radical (unpaired) electrons. The molecule has 27 heavy (non-hydrogen) atoms. The average Bonchev–Trinajstić information content (AvgIpc) is 3.13. The van der Waals surface area contributed by atoms with Crippen molar-refractivity contribution in [2.75, 3.05) is 39.7 Å². The molecule has 3 heterocycles. The molecular weight excluding hydrogens is 340 g/mol. The van der Waals surface area contributed by atoms with Crippen LogP contribution >= 0.6 is 0 Å². The molecule has 140 valence electrons. The largest absolute Gasteiger partial charge is 0.304 e. The van der Waals surface area contributed by atoms with Crippen LogP contribution in [0, 0.1) is 0 Å². The van der Waals surface area contributed by atoms with Crippen molar-refractivity contribution in [1.29, 1.82) is 0 Å². The number of fused-ring (bicyclic) bond motifs is 1.